The first-order valence-corrected chi connectivity index (χ1v) is 7.04. The highest BCUT2D eigenvalue weighted by Crippen LogP contribution is 2.38. The molecule has 0 rings (SSSR count). The molecule has 0 aliphatic heterocycles. The SMILES string of the molecule is CC(S)CC(CCCC(=O)O)(CC(C)S)C(=O)O. The van der Waals surface area contributed by atoms with E-state index in [4.69, 9.17) is 5.11 Å². The van der Waals surface area contributed by atoms with E-state index in [0.717, 1.165) is 0 Å². The number of hydrogen-bond acceptors (Lipinski definition) is 4. The molecule has 0 aromatic heterocycles. The zero-order chi connectivity index (χ0) is 14.3. The monoisotopic (exact) mass is 294 g/mol. The fourth-order valence-electron chi connectivity index (χ4n) is 2.28. The highest BCUT2D eigenvalue weighted by Gasteiger charge is 2.39. The largest absolute Gasteiger partial charge is 0.481 e. The summed E-state index contributed by atoms with van der Waals surface area (Å²) in [7, 11) is 0. The first-order valence-electron chi connectivity index (χ1n) is 6.01. The molecular weight excluding hydrogens is 272 g/mol. The molecule has 0 aromatic carbocycles. The second-order valence-electron chi connectivity index (χ2n) is 4.94. The summed E-state index contributed by atoms with van der Waals surface area (Å²) in [6.45, 7) is 3.70. The van der Waals surface area contributed by atoms with Gasteiger partial charge >= 0.3 is 11.9 Å². The van der Waals surface area contributed by atoms with Gasteiger partial charge in [0.2, 0.25) is 0 Å². The Kier molecular flexibility index (Phi) is 7.78. The third-order valence-corrected chi connectivity index (χ3v) is 3.24. The number of carbonyl (C=O) groups is 2. The third kappa shape index (κ3) is 6.54. The minimum Gasteiger partial charge on any atom is -0.481 e. The molecule has 2 atom stereocenters. The fraction of sp³-hybridized carbons (Fsp3) is 0.833. The molecule has 2 unspecified atom stereocenters. The summed E-state index contributed by atoms with van der Waals surface area (Å²) >= 11 is 8.53. The molecule has 0 bridgehead atoms. The first-order chi connectivity index (χ1) is 8.19. The van der Waals surface area contributed by atoms with Crippen LogP contribution < -0.4 is 0 Å². The van der Waals surface area contributed by atoms with E-state index in [1.807, 2.05) is 13.8 Å². The summed E-state index contributed by atoms with van der Waals surface area (Å²) in [6.07, 6.45) is 1.57. The quantitative estimate of drug-likeness (QED) is 0.493. The van der Waals surface area contributed by atoms with Crippen molar-refractivity contribution < 1.29 is 19.8 Å². The van der Waals surface area contributed by atoms with Crippen LogP contribution in [0, 0.1) is 5.41 Å². The van der Waals surface area contributed by atoms with Crippen molar-refractivity contribution in [2.24, 2.45) is 5.41 Å². The van der Waals surface area contributed by atoms with Gasteiger partial charge in [0, 0.05) is 6.42 Å². The Hall–Kier alpha value is -0.360. The van der Waals surface area contributed by atoms with Crippen LogP contribution in [0.25, 0.3) is 0 Å². The first kappa shape index (κ1) is 17.6. The van der Waals surface area contributed by atoms with Crippen molar-refractivity contribution in [1.29, 1.82) is 0 Å². The van der Waals surface area contributed by atoms with Gasteiger partial charge in [0.25, 0.3) is 0 Å². The van der Waals surface area contributed by atoms with Crippen molar-refractivity contribution >= 4 is 37.2 Å². The van der Waals surface area contributed by atoms with Crippen molar-refractivity contribution in [3.05, 3.63) is 0 Å². The van der Waals surface area contributed by atoms with E-state index < -0.39 is 17.4 Å². The van der Waals surface area contributed by atoms with E-state index in [1.165, 1.54) is 0 Å². The van der Waals surface area contributed by atoms with Crippen LogP contribution in [-0.4, -0.2) is 32.7 Å². The number of aliphatic carboxylic acids is 2. The van der Waals surface area contributed by atoms with E-state index in [0.29, 0.717) is 25.7 Å². The molecule has 0 aliphatic rings. The topological polar surface area (TPSA) is 74.6 Å². The van der Waals surface area contributed by atoms with Gasteiger partial charge < -0.3 is 10.2 Å². The van der Waals surface area contributed by atoms with Gasteiger partial charge in [0.1, 0.15) is 0 Å². The maximum atomic E-state index is 11.6. The van der Waals surface area contributed by atoms with Crippen molar-refractivity contribution in [1.82, 2.24) is 0 Å². The van der Waals surface area contributed by atoms with E-state index in [1.54, 1.807) is 0 Å². The summed E-state index contributed by atoms with van der Waals surface area (Å²) in [6, 6.07) is 0. The van der Waals surface area contributed by atoms with Crippen LogP contribution in [0.15, 0.2) is 0 Å². The minimum atomic E-state index is -0.919. The van der Waals surface area contributed by atoms with Crippen LogP contribution in [0.1, 0.15) is 46.0 Å². The third-order valence-electron chi connectivity index (χ3n) is 2.87. The van der Waals surface area contributed by atoms with E-state index in [2.05, 4.69) is 25.3 Å². The predicted octanol–water partition coefficient (Wildman–Crippen LogP) is 2.73. The van der Waals surface area contributed by atoms with Gasteiger partial charge in [-0.3, -0.25) is 9.59 Å². The zero-order valence-corrected chi connectivity index (χ0v) is 12.6. The molecular formula is C12H22O4S2. The fourth-order valence-corrected chi connectivity index (χ4v) is 2.98. The van der Waals surface area contributed by atoms with Crippen molar-refractivity contribution in [2.75, 3.05) is 0 Å². The van der Waals surface area contributed by atoms with Gasteiger partial charge in [-0.1, -0.05) is 13.8 Å². The molecule has 106 valence electrons. The lowest BCUT2D eigenvalue weighted by Gasteiger charge is -2.32. The second kappa shape index (κ2) is 7.94. The molecule has 0 aliphatic carbocycles. The maximum Gasteiger partial charge on any atom is 0.309 e. The minimum absolute atomic E-state index is 0.00304. The van der Waals surface area contributed by atoms with E-state index >= 15 is 0 Å². The molecule has 0 saturated carbocycles. The van der Waals surface area contributed by atoms with Crippen LogP contribution in [0.4, 0.5) is 0 Å². The van der Waals surface area contributed by atoms with Crippen molar-refractivity contribution in [3.63, 3.8) is 0 Å². The summed E-state index contributed by atoms with van der Waals surface area (Å²) in [4.78, 5) is 22.1. The average molecular weight is 294 g/mol. The Morgan fingerprint density at radius 2 is 1.56 bits per heavy atom. The Morgan fingerprint density at radius 1 is 1.11 bits per heavy atom. The van der Waals surface area contributed by atoms with Crippen molar-refractivity contribution in [2.45, 2.75) is 56.5 Å². The number of carboxylic acid groups (broad SMARTS) is 2. The Bertz CT molecular complexity index is 280. The molecule has 0 aromatic rings. The van der Waals surface area contributed by atoms with Crippen LogP contribution >= 0.6 is 25.3 Å². The highest BCUT2D eigenvalue weighted by atomic mass is 32.1. The van der Waals surface area contributed by atoms with Gasteiger partial charge in [-0.05, 0) is 36.2 Å². The summed E-state index contributed by atoms with van der Waals surface area (Å²) in [5.41, 5.74) is -0.919. The lowest BCUT2D eigenvalue weighted by atomic mass is 9.75. The van der Waals surface area contributed by atoms with Gasteiger partial charge in [-0.15, -0.1) is 0 Å². The molecule has 0 amide bonds. The molecule has 0 spiro atoms. The Labute approximate surface area is 119 Å². The van der Waals surface area contributed by atoms with Gasteiger partial charge in [-0.2, -0.15) is 25.3 Å². The standard InChI is InChI=1S/C12H22O4S2/c1-8(17)6-12(11(15)16,7-9(2)18)5-3-4-10(13)14/h8-9,17-18H,3-7H2,1-2H3,(H,13,14)(H,15,16). The summed E-state index contributed by atoms with van der Waals surface area (Å²) < 4.78 is 0. The Morgan fingerprint density at radius 3 is 1.83 bits per heavy atom. The predicted molar refractivity (Wildman–Crippen MR) is 77.7 cm³/mol. The molecule has 18 heavy (non-hydrogen) atoms. The number of hydrogen-bond donors (Lipinski definition) is 4. The van der Waals surface area contributed by atoms with Crippen LogP contribution in [-0.2, 0) is 9.59 Å². The zero-order valence-electron chi connectivity index (χ0n) is 10.8. The molecule has 0 radical (unpaired) electrons. The second-order valence-corrected chi connectivity index (χ2v) is 6.70. The van der Waals surface area contributed by atoms with Crippen molar-refractivity contribution in [3.8, 4) is 0 Å². The molecule has 4 nitrogen and oxygen atoms in total. The average Bonchev–Trinajstić information content (AvgIpc) is 2.13. The molecule has 0 fully saturated rings. The Balaban J connectivity index is 4.82. The number of thiol groups is 2. The molecule has 6 heteroatoms. The van der Waals surface area contributed by atoms with Gasteiger partial charge in [0.05, 0.1) is 5.41 Å². The summed E-state index contributed by atoms with van der Waals surface area (Å²) in [5, 5.41) is 18.0. The lowest BCUT2D eigenvalue weighted by Crippen LogP contribution is -2.35. The number of rotatable bonds is 9. The van der Waals surface area contributed by atoms with E-state index in [-0.39, 0.29) is 16.9 Å². The maximum absolute atomic E-state index is 11.6. The van der Waals surface area contributed by atoms with Crippen LogP contribution in [0.3, 0.4) is 0 Å². The van der Waals surface area contributed by atoms with Crippen LogP contribution in [0.2, 0.25) is 0 Å². The smallest absolute Gasteiger partial charge is 0.309 e. The van der Waals surface area contributed by atoms with Gasteiger partial charge in [-0.25, -0.2) is 0 Å². The van der Waals surface area contributed by atoms with E-state index in [9.17, 15) is 14.7 Å². The highest BCUT2D eigenvalue weighted by molar-refractivity contribution is 7.81. The normalized spacial score (nSPS) is 17.8. The summed E-state index contributed by atoms with van der Waals surface area (Å²) in [5.74, 6) is -1.78. The molecule has 0 heterocycles. The van der Waals surface area contributed by atoms with Crippen LogP contribution in [0.5, 0.6) is 0 Å². The number of carboxylic acids is 2. The molecule has 2 N–H and O–H groups in total. The molecule has 0 saturated heterocycles. The lowest BCUT2D eigenvalue weighted by molar-refractivity contribution is -0.151. The van der Waals surface area contributed by atoms with Gasteiger partial charge in [0.15, 0.2) is 0 Å².